The van der Waals surface area contributed by atoms with Crippen LogP contribution in [0.4, 0.5) is 14.9 Å². The highest BCUT2D eigenvalue weighted by Crippen LogP contribution is 2.17. The van der Waals surface area contributed by atoms with Gasteiger partial charge < -0.3 is 15.5 Å². The highest BCUT2D eigenvalue weighted by molar-refractivity contribution is 5.97. The molecule has 1 aromatic heterocycles. The Morgan fingerprint density at radius 2 is 1.80 bits per heavy atom. The van der Waals surface area contributed by atoms with Crippen LogP contribution in [0.25, 0.3) is 11.0 Å². The molecule has 8 nitrogen and oxygen atoms in total. The lowest BCUT2D eigenvalue weighted by Crippen LogP contribution is -2.35. The fraction of sp³-hybridized carbons (Fsp3) is 0.333. The van der Waals surface area contributed by atoms with Crippen LogP contribution in [0.5, 0.6) is 0 Å². The lowest BCUT2D eigenvalue weighted by atomic mass is 10.1. The van der Waals surface area contributed by atoms with Crippen molar-refractivity contribution >= 4 is 28.7 Å². The van der Waals surface area contributed by atoms with E-state index in [1.54, 1.807) is 16.8 Å². The van der Waals surface area contributed by atoms with Crippen LogP contribution < -0.4 is 10.6 Å². The molecular weight excluding hydrogens is 387 g/mol. The fourth-order valence-electron chi connectivity index (χ4n) is 3.53. The Hall–Kier alpha value is -3.49. The average molecular weight is 410 g/mol. The molecule has 1 aliphatic heterocycles. The number of likely N-dealkylation sites (tertiary alicyclic amines) is 1. The summed E-state index contributed by atoms with van der Waals surface area (Å²) < 4.78 is 14.6. The van der Waals surface area contributed by atoms with E-state index in [9.17, 15) is 14.0 Å². The first-order valence-electron chi connectivity index (χ1n) is 10.0. The number of rotatable bonds is 5. The number of anilines is 1. The number of urea groups is 1. The molecule has 9 heteroatoms. The van der Waals surface area contributed by atoms with Crippen molar-refractivity contribution in [2.24, 2.45) is 0 Å². The number of hydrogen-bond acceptors (Lipinski definition) is 4. The number of carbonyl (C=O) groups is 2. The van der Waals surface area contributed by atoms with Crippen LogP contribution in [-0.2, 0) is 6.54 Å². The maximum atomic E-state index is 12.9. The van der Waals surface area contributed by atoms with E-state index in [1.807, 2.05) is 11.0 Å². The molecule has 30 heavy (non-hydrogen) atoms. The van der Waals surface area contributed by atoms with Crippen LogP contribution in [0.2, 0.25) is 0 Å². The van der Waals surface area contributed by atoms with Crippen molar-refractivity contribution in [3.8, 4) is 0 Å². The Morgan fingerprint density at radius 1 is 1.03 bits per heavy atom. The average Bonchev–Trinajstić information content (AvgIpc) is 3.18. The molecule has 1 aliphatic rings. The zero-order chi connectivity index (χ0) is 20.9. The molecule has 0 atom stereocenters. The standard InChI is InChI=1S/C21H23FN6O2/c22-16-5-7-17(8-6-16)24-21(30)23-10-13-28-19-9-4-15(14-18(19)25-26-28)20(29)27-11-2-1-3-12-27/h4-9,14H,1-3,10-13H2,(H2,23,24,30). The Kier molecular flexibility index (Phi) is 5.87. The number of halogens is 1. The molecule has 1 fully saturated rings. The first kappa shape index (κ1) is 19.8. The summed E-state index contributed by atoms with van der Waals surface area (Å²) in [5.74, 6) is -0.329. The monoisotopic (exact) mass is 410 g/mol. The summed E-state index contributed by atoms with van der Waals surface area (Å²) in [7, 11) is 0. The lowest BCUT2D eigenvalue weighted by Gasteiger charge is -2.26. The number of aromatic nitrogens is 3. The third-order valence-corrected chi connectivity index (χ3v) is 5.12. The second-order valence-corrected chi connectivity index (χ2v) is 7.26. The Labute approximate surface area is 173 Å². The summed E-state index contributed by atoms with van der Waals surface area (Å²) in [6.45, 7) is 2.36. The topological polar surface area (TPSA) is 92.1 Å². The van der Waals surface area contributed by atoms with Gasteiger partial charge in [0.05, 0.1) is 12.1 Å². The third kappa shape index (κ3) is 4.56. The molecule has 2 aromatic carbocycles. The van der Waals surface area contributed by atoms with Gasteiger partial charge in [-0.3, -0.25) is 4.79 Å². The Balaban J connectivity index is 1.34. The van der Waals surface area contributed by atoms with E-state index in [0.29, 0.717) is 29.9 Å². The van der Waals surface area contributed by atoms with Crippen molar-refractivity contribution in [1.29, 1.82) is 0 Å². The zero-order valence-electron chi connectivity index (χ0n) is 16.5. The summed E-state index contributed by atoms with van der Waals surface area (Å²) in [5, 5.41) is 13.6. The lowest BCUT2D eigenvalue weighted by molar-refractivity contribution is 0.0724. The summed E-state index contributed by atoms with van der Waals surface area (Å²) in [4.78, 5) is 26.5. The molecule has 0 unspecified atom stereocenters. The molecule has 1 saturated heterocycles. The van der Waals surface area contributed by atoms with E-state index in [1.165, 1.54) is 30.7 Å². The van der Waals surface area contributed by atoms with Gasteiger partial charge in [0.25, 0.3) is 5.91 Å². The Morgan fingerprint density at radius 3 is 2.57 bits per heavy atom. The highest BCUT2D eigenvalue weighted by Gasteiger charge is 2.19. The predicted molar refractivity (Wildman–Crippen MR) is 111 cm³/mol. The molecule has 3 amide bonds. The minimum Gasteiger partial charge on any atom is -0.339 e. The van der Waals surface area contributed by atoms with Gasteiger partial charge in [0, 0.05) is 30.9 Å². The molecule has 0 radical (unpaired) electrons. The number of fused-ring (bicyclic) bond motifs is 1. The van der Waals surface area contributed by atoms with Crippen molar-refractivity contribution in [1.82, 2.24) is 25.2 Å². The van der Waals surface area contributed by atoms with E-state index in [4.69, 9.17) is 0 Å². The van der Waals surface area contributed by atoms with Gasteiger partial charge in [-0.1, -0.05) is 5.21 Å². The van der Waals surface area contributed by atoms with Gasteiger partial charge in [-0.2, -0.15) is 0 Å². The number of nitrogens with one attached hydrogen (secondary N) is 2. The van der Waals surface area contributed by atoms with Gasteiger partial charge in [0.15, 0.2) is 0 Å². The van der Waals surface area contributed by atoms with Crippen LogP contribution in [-0.4, -0.2) is 51.5 Å². The van der Waals surface area contributed by atoms with Gasteiger partial charge in [0.1, 0.15) is 11.3 Å². The van der Waals surface area contributed by atoms with Gasteiger partial charge in [0.2, 0.25) is 0 Å². The van der Waals surface area contributed by atoms with Crippen LogP contribution in [0.3, 0.4) is 0 Å². The fourth-order valence-corrected chi connectivity index (χ4v) is 3.53. The minimum absolute atomic E-state index is 0.0327. The zero-order valence-corrected chi connectivity index (χ0v) is 16.5. The van der Waals surface area contributed by atoms with Crippen LogP contribution >= 0.6 is 0 Å². The SMILES string of the molecule is O=C(NCCn1nnc2cc(C(=O)N3CCCCC3)ccc21)Nc1ccc(F)cc1. The molecule has 0 bridgehead atoms. The highest BCUT2D eigenvalue weighted by atomic mass is 19.1. The first-order valence-corrected chi connectivity index (χ1v) is 10.0. The second kappa shape index (κ2) is 8.89. The first-order chi connectivity index (χ1) is 14.6. The number of carbonyl (C=O) groups excluding carboxylic acids is 2. The summed E-state index contributed by atoms with van der Waals surface area (Å²) in [6.07, 6.45) is 3.27. The molecule has 0 aliphatic carbocycles. The summed E-state index contributed by atoms with van der Waals surface area (Å²) in [6, 6.07) is 10.6. The van der Waals surface area contributed by atoms with Gasteiger partial charge >= 0.3 is 6.03 Å². The van der Waals surface area contributed by atoms with Crippen molar-refractivity contribution in [3.63, 3.8) is 0 Å². The van der Waals surface area contributed by atoms with Gasteiger partial charge in [-0.15, -0.1) is 5.10 Å². The van der Waals surface area contributed by atoms with Crippen LogP contribution in [0.1, 0.15) is 29.6 Å². The molecule has 3 aromatic rings. The van der Waals surface area contributed by atoms with E-state index >= 15 is 0 Å². The summed E-state index contributed by atoms with van der Waals surface area (Å²) >= 11 is 0. The van der Waals surface area contributed by atoms with Crippen molar-refractivity contribution < 1.29 is 14.0 Å². The molecule has 156 valence electrons. The third-order valence-electron chi connectivity index (χ3n) is 5.12. The van der Waals surface area contributed by atoms with Crippen LogP contribution in [0.15, 0.2) is 42.5 Å². The number of hydrogen-bond donors (Lipinski definition) is 2. The van der Waals surface area contributed by atoms with E-state index in [2.05, 4.69) is 20.9 Å². The molecule has 0 saturated carbocycles. The molecule has 0 spiro atoms. The van der Waals surface area contributed by atoms with E-state index < -0.39 is 0 Å². The second-order valence-electron chi connectivity index (χ2n) is 7.26. The quantitative estimate of drug-likeness (QED) is 0.676. The van der Waals surface area contributed by atoms with Crippen molar-refractivity contribution in [3.05, 3.63) is 53.8 Å². The number of benzene rings is 2. The van der Waals surface area contributed by atoms with Crippen molar-refractivity contribution in [2.75, 3.05) is 25.0 Å². The maximum absolute atomic E-state index is 12.9. The predicted octanol–water partition coefficient (Wildman–Crippen LogP) is 3.02. The van der Waals surface area contributed by atoms with E-state index in [0.717, 1.165) is 31.4 Å². The normalized spacial score (nSPS) is 14.0. The van der Waals surface area contributed by atoms with Crippen molar-refractivity contribution in [2.45, 2.75) is 25.8 Å². The number of amides is 3. The molecule has 2 heterocycles. The van der Waals surface area contributed by atoms with Crippen LogP contribution in [0, 0.1) is 5.82 Å². The Bertz CT molecular complexity index is 1040. The summed E-state index contributed by atoms with van der Waals surface area (Å²) in [5.41, 5.74) is 2.57. The van der Waals surface area contributed by atoms with E-state index in [-0.39, 0.29) is 17.8 Å². The maximum Gasteiger partial charge on any atom is 0.319 e. The molecule has 4 rings (SSSR count). The van der Waals surface area contributed by atoms with Gasteiger partial charge in [-0.25, -0.2) is 13.9 Å². The number of nitrogens with zero attached hydrogens (tertiary/aromatic N) is 4. The largest absolute Gasteiger partial charge is 0.339 e. The number of piperidine rings is 1. The molecule has 2 N–H and O–H groups in total. The smallest absolute Gasteiger partial charge is 0.319 e. The molecular formula is C21H23FN6O2. The minimum atomic E-state index is -0.388. The van der Waals surface area contributed by atoms with Gasteiger partial charge in [-0.05, 0) is 61.7 Å².